The fourth-order valence-corrected chi connectivity index (χ4v) is 2.07. The van der Waals surface area contributed by atoms with Crippen LogP contribution in [0.5, 0.6) is 0 Å². The van der Waals surface area contributed by atoms with E-state index < -0.39 is 0 Å². The fourth-order valence-electron chi connectivity index (χ4n) is 1.78. The molecule has 2 aromatic rings. The summed E-state index contributed by atoms with van der Waals surface area (Å²) in [5, 5.41) is 3.33. The van der Waals surface area contributed by atoms with E-state index >= 15 is 0 Å². The van der Waals surface area contributed by atoms with Crippen molar-refractivity contribution in [2.45, 2.75) is 12.8 Å². The van der Waals surface area contributed by atoms with Gasteiger partial charge < -0.3 is 10.3 Å². The molecule has 1 aliphatic carbocycles. The summed E-state index contributed by atoms with van der Waals surface area (Å²) in [6.45, 7) is 0. The average molecular weight is 264 g/mol. The second kappa shape index (κ2) is 4.10. The molecule has 0 atom stereocenters. The van der Waals surface area contributed by atoms with Crippen LogP contribution in [0.4, 0.5) is 5.82 Å². The van der Waals surface area contributed by atoms with Gasteiger partial charge in [0.05, 0.1) is 15.9 Å². The Labute approximate surface area is 107 Å². The molecule has 2 heterocycles. The third-order valence-electron chi connectivity index (χ3n) is 2.88. The van der Waals surface area contributed by atoms with Gasteiger partial charge in [0.2, 0.25) is 5.91 Å². The summed E-state index contributed by atoms with van der Waals surface area (Å²) in [7, 11) is 0. The highest BCUT2D eigenvalue weighted by Gasteiger charge is 2.29. The van der Waals surface area contributed by atoms with Gasteiger partial charge in [-0.2, -0.15) is 0 Å². The lowest BCUT2D eigenvalue weighted by atomic mass is 10.2. The third kappa shape index (κ3) is 1.97. The molecule has 3 rings (SSSR count). The van der Waals surface area contributed by atoms with E-state index in [2.05, 4.69) is 15.3 Å². The Morgan fingerprint density at radius 2 is 2.28 bits per heavy atom. The van der Waals surface area contributed by atoms with Crippen molar-refractivity contribution in [3.63, 3.8) is 0 Å². The summed E-state index contributed by atoms with van der Waals surface area (Å²) in [5.74, 6) is 0.443. The number of carbonyl (C=O) groups is 1. The van der Waals surface area contributed by atoms with Gasteiger partial charge in [-0.25, -0.2) is 4.98 Å². The van der Waals surface area contributed by atoms with Gasteiger partial charge in [0, 0.05) is 18.2 Å². The maximum absolute atomic E-state index is 11.6. The summed E-state index contributed by atoms with van der Waals surface area (Å²) in [6.07, 6.45) is 3.35. The van der Waals surface area contributed by atoms with Crippen molar-refractivity contribution >= 4 is 34.2 Å². The van der Waals surface area contributed by atoms with E-state index in [4.69, 9.17) is 11.6 Å². The van der Waals surface area contributed by atoms with Gasteiger partial charge in [-0.15, -0.1) is 0 Å². The number of pyridine rings is 2. The van der Waals surface area contributed by atoms with Crippen LogP contribution in [0.15, 0.2) is 23.1 Å². The highest BCUT2D eigenvalue weighted by atomic mass is 35.5. The minimum Gasteiger partial charge on any atom is -0.328 e. The molecular weight excluding hydrogens is 254 g/mol. The van der Waals surface area contributed by atoms with Crippen molar-refractivity contribution in [2.75, 3.05) is 5.32 Å². The molecule has 0 radical (unpaired) electrons. The number of nitrogens with zero attached hydrogens (tertiary/aromatic N) is 1. The zero-order valence-corrected chi connectivity index (χ0v) is 10.1. The molecule has 0 unspecified atom stereocenters. The number of anilines is 1. The molecule has 92 valence electrons. The van der Waals surface area contributed by atoms with E-state index in [1.807, 2.05) is 0 Å². The molecule has 0 aromatic carbocycles. The van der Waals surface area contributed by atoms with Gasteiger partial charge in [0.15, 0.2) is 0 Å². The first kappa shape index (κ1) is 11.2. The molecule has 0 aliphatic heterocycles. The molecule has 0 saturated heterocycles. The van der Waals surface area contributed by atoms with Crippen molar-refractivity contribution in [3.05, 3.63) is 33.7 Å². The summed E-state index contributed by atoms with van der Waals surface area (Å²) >= 11 is 6.03. The molecule has 1 saturated carbocycles. The Kier molecular flexibility index (Phi) is 2.56. The third-order valence-corrected chi connectivity index (χ3v) is 3.18. The maximum atomic E-state index is 11.6. The van der Waals surface area contributed by atoms with Crippen LogP contribution in [0.25, 0.3) is 10.9 Å². The molecule has 0 spiro atoms. The second-order valence-electron chi connectivity index (χ2n) is 4.32. The van der Waals surface area contributed by atoms with Crippen LogP contribution in [-0.2, 0) is 4.79 Å². The zero-order chi connectivity index (χ0) is 12.7. The largest absolute Gasteiger partial charge is 0.328 e. The van der Waals surface area contributed by atoms with Crippen LogP contribution in [0.3, 0.4) is 0 Å². The maximum Gasteiger partial charge on any atom is 0.258 e. The Balaban J connectivity index is 2.04. The first-order valence-electron chi connectivity index (χ1n) is 5.64. The number of H-pyrrole nitrogens is 1. The van der Waals surface area contributed by atoms with Crippen LogP contribution < -0.4 is 10.9 Å². The van der Waals surface area contributed by atoms with Crippen LogP contribution in [0.1, 0.15) is 12.8 Å². The Morgan fingerprint density at radius 1 is 1.50 bits per heavy atom. The molecule has 5 nitrogen and oxygen atoms in total. The van der Waals surface area contributed by atoms with Gasteiger partial charge >= 0.3 is 0 Å². The topological polar surface area (TPSA) is 74.8 Å². The molecule has 6 heteroatoms. The van der Waals surface area contributed by atoms with Crippen molar-refractivity contribution in [3.8, 4) is 0 Å². The number of amides is 1. The number of carbonyl (C=O) groups excluding carboxylic acids is 1. The molecule has 0 bridgehead atoms. The van der Waals surface area contributed by atoms with Crippen LogP contribution in [0, 0.1) is 5.92 Å². The number of aromatic nitrogens is 2. The van der Waals surface area contributed by atoms with Crippen molar-refractivity contribution < 1.29 is 4.79 Å². The van der Waals surface area contributed by atoms with E-state index in [0.717, 1.165) is 12.8 Å². The Hall–Kier alpha value is -1.88. The average Bonchev–Trinajstić information content (AvgIpc) is 3.12. The first-order chi connectivity index (χ1) is 8.65. The van der Waals surface area contributed by atoms with Gasteiger partial charge in [-0.1, -0.05) is 11.6 Å². The molecule has 2 N–H and O–H groups in total. The van der Waals surface area contributed by atoms with Gasteiger partial charge in [0.25, 0.3) is 5.56 Å². The van der Waals surface area contributed by atoms with Crippen LogP contribution in [-0.4, -0.2) is 15.9 Å². The summed E-state index contributed by atoms with van der Waals surface area (Å²) < 4.78 is 0. The second-order valence-corrected chi connectivity index (χ2v) is 4.73. The van der Waals surface area contributed by atoms with E-state index in [0.29, 0.717) is 16.7 Å². The minimum atomic E-state index is -0.287. The molecular formula is C12H10ClN3O2. The highest BCUT2D eigenvalue weighted by molar-refractivity contribution is 6.35. The normalized spacial score (nSPS) is 14.7. The lowest BCUT2D eigenvalue weighted by Gasteiger charge is -2.06. The summed E-state index contributed by atoms with van der Waals surface area (Å²) in [5.41, 5.74) is 0.183. The van der Waals surface area contributed by atoms with E-state index in [-0.39, 0.29) is 22.4 Å². The van der Waals surface area contributed by atoms with Crippen molar-refractivity contribution in [1.29, 1.82) is 0 Å². The lowest BCUT2D eigenvalue weighted by Crippen LogP contribution is -2.15. The minimum absolute atomic E-state index is 0.0391. The Morgan fingerprint density at radius 3 is 3.00 bits per heavy atom. The number of hydrogen-bond acceptors (Lipinski definition) is 3. The number of aromatic amines is 1. The molecule has 18 heavy (non-hydrogen) atoms. The van der Waals surface area contributed by atoms with Gasteiger partial charge in [-0.3, -0.25) is 9.59 Å². The van der Waals surface area contributed by atoms with E-state index in [1.54, 1.807) is 6.07 Å². The highest BCUT2D eigenvalue weighted by Crippen LogP contribution is 2.30. The number of fused-ring (bicyclic) bond motifs is 1. The number of nitrogens with one attached hydrogen (secondary N) is 2. The molecule has 1 amide bonds. The van der Waals surface area contributed by atoms with Gasteiger partial charge in [0.1, 0.15) is 5.82 Å². The summed E-state index contributed by atoms with van der Waals surface area (Å²) in [6, 6.07) is 3.15. The SMILES string of the molecule is O=C(Nc1cc(Cl)c2c(=O)[nH]ccc2n1)C1CC1. The lowest BCUT2D eigenvalue weighted by molar-refractivity contribution is -0.117. The van der Waals surface area contributed by atoms with Crippen LogP contribution >= 0.6 is 11.6 Å². The zero-order valence-electron chi connectivity index (χ0n) is 9.37. The fraction of sp³-hybridized carbons (Fsp3) is 0.250. The van der Waals surface area contributed by atoms with Crippen LogP contribution in [0.2, 0.25) is 5.02 Å². The summed E-state index contributed by atoms with van der Waals surface area (Å²) in [4.78, 5) is 30.0. The quantitative estimate of drug-likeness (QED) is 0.869. The predicted molar refractivity (Wildman–Crippen MR) is 68.7 cm³/mol. The first-order valence-corrected chi connectivity index (χ1v) is 6.02. The van der Waals surface area contributed by atoms with Crippen molar-refractivity contribution in [1.82, 2.24) is 9.97 Å². The van der Waals surface area contributed by atoms with Gasteiger partial charge in [-0.05, 0) is 18.9 Å². The van der Waals surface area contributed by atoms with Crippen molar-refractivity contribution in [2.24, 2.45) is 5.92 Å². The molecule has 1 aliphatic rings. The molecule has 2 aromatic heterocycles. The monoisotopic (exact) mass is 263 g/mol. The van der Waals surface area contributed by atoms with E-state index in [1.165, 1.54) is 12.3 Å². The Bertz CT molecular complexity index is 691. The molecule has 1 fully saturated rings. The number of halogens is 1. The standard InChI is InChI=1S/C12H10ClN3O2/c13-7-5-9(16-11(17)6-1-2-6)15-8-3-4-14-12(18)10(7)8/h3-6H,1-2H2,(H,14,18)(H,15,16,17). The predicted octanol–water partition coefficient (Wildman–Crippen LogP) is 1.92. The van der Waals surface area contributed by atoms with E-state index in [9.17, 15) is 9.59 Å². The number of rotatable bonds is 2. The smallest absolute Gasteiger partial charge is 0.258 e. The number of hydrogen-bond donors (Lipinski definition) is 2.